The normalized spacial score (nSPS) is 14.5. The lowest BCUT2D eigenvalue weighted by atomic mass is 9.97. The lowest BCUT2D eigenvalue weighted by Gasteiger charge is -2.10. The van der Waals surface area contributed by atoms with Crippen LogP contribution in [0.15, 0.2) is 11.1 Å². The van der Waals surface area contributed by atoms with Gasteiger partial charge < -0.3 is 0 Å². The van der Waals surface area contributed by atoms with E-state index >= 15 is 0 Å². The first kappa shape index (κ1) is 13.4. The van der Waals surface area contributed by atoms with Gasteiger partial charge in [0.05, 0.1) is 18.3 Å². The predicted molar refractivity (Wildman–Crippen MR) is 84.5 cm³/mol. The van der Waals surface area contributed by atoms with Crippen molar-refractivity contribution < 1.29 is 0 Å². The average molecular weight is 339 g/mol. The maximum atomic E-state index is 12.7. The molecular weight excluding hydrogens is 328 g/mol. The van der Waals surface area contributed by atoms with Crippen LogP contribution in [0.5, 0.6) is 0 Å². The SMILES string of the molecule is O=c1c2c3c(sc2ncn1Cc1nnsc1Cl)CCCC3. The standard InChI is InChI=1S/C13H11ClN4OS2/c14-11-8(16-17-21-11)5-18-6-15-12-10(13(18)19)7-3-1-2-4-9(7)20-12/h6H,1-5H2. The van der Waals surface area contributed by atoms with E-state index in [4.69, 9.17) is 11.6 Å². The number of thiophene rings is 1. The molecule has 0 saturated carbocycles. The van der Waals surface area contributed by atoms with Crippen molar-refractivity contribution in [3.8, 4) is 0 Å². The second-order valence-corrected chi connectivity index (χ2v) is 7.50. The van der Waals surface area contributed by atoms with Gasteiger partial charge in [-0.05, 0) is 31.2 Å². The molecule has 0 atom stereocenters. The minimum absolute atomic E-state index is 0.00321. The highest BCUT2D eigenvalue weighted by atomic mass is 35.5. The van der Waals surface area contributed by atoms with E-state index in [2.05, 4.69) is 14.6 Å². The van der Waals surface area contributed by atoms with Crippen LogP contribution in [0.25, 0.3) is 10.2 Å². The zero-order valence-electron chi connectivity index (χ0n) is 11.0. The molecule has 0 aromatic carbocycles. The van der Waals surface area contributed by atoms with Crippen LogP contribution in [0.1, 0.15) is 29.0 Å². The van der Waals surface area contributed by atoms with Crippen molar-refractivity contribution >= 4 is 44.7 Å². The van der Waals surface area contributed by atoms with E-state index in [1.165, 1.54) is 16.9 Å². The molecule has 8 heteroatoms. The summed E-state index contributed by atoms with van der Waals surface area (Å²) in [6.07, 6.45) is 5.98. The minimum atomic E-state index is 0.00321. The van der Waals surface area contributed by atoms with Gasteiger partial charge >= 0.3 is 0 Å². The first-order chi connectivity index (χ1) is 10.2. The molecule has 0 N–H and O–H groups in total. The molecule has 0 spiro atoms. The molecule has 21 heavy (non-hydrogen) atoms. The lowest BCUT2D eigenvalue weighted by molar-refractivity contribution is 0.696. The number of rotatable bonds is 2. The fraction of sp³-hybridized carbons (Fsp3) is 0.385. The van der Waals surface area contributed by atoms with Gasteiger partial charge in [-0.15, -0.1) is 16.4 Å². The van der Waals surface area contributed by atoms with Crippen molar-refractivity contribution in [3.63, 3.8) is 0 Å². The summed E-state index contributed by atoms with van der Waals surface area (Å²) in [5.41, 5.74) is 1.83. The number of nitrogens with zero attached hydrogens (tertiary/aromatic N) is 4. The Labute approximate surface area is 133 Å². The fourth-order valence-corrected chi connectivity index (χ4v) is 4.58. The summed E-state index contributed by atoms with van der Waals surface area (Å²) in [7, 11) is 0. The largest absolute Gasteiger partial charge is 0.292 e. The maximum absolute atomic E-state index is 12.7. The van der Waals surface area contributed by atoms with Gasteiger partial charge in [-0.25, -0.2) is 4.98 Å². The third-order valence-electron chi connectivity index (χ3n) is 3.77. The molecular formula is C13H11ClN4OS2. The topological polar surface area (TPSA) is 60.7 Å². The minimum Gasteiger partial charge on any atom is -0.292 e. The summed E-state index contributed by atoms with van der Waals surface area (Å²) < 4.78 is 5.89. The summed E-state index contributed by atoms with van der Waals surface area (Å²) in [6, 6.07) is 0. The summed E-state index contributed by atoms with van der Waals surface area (Å²) in [5, 5.41) is 4.75. The molecule has 1 aliphatic rings. The van der Waals surface area contributed by atoms with Crippen molar-refractivity contribution in [2.24, 2.45) is 0 Å². The third kappa shape index (κ3) is 2.20. The Hall–Kier alpha value is -1.31. The van der Waals surface area contributed by atoms with Crippen LogP contribution in [-0.2, 0) is 19.4 Å². The van der Waals surface area contributed by atoms with E-state index in [0.717, 1.165) is 41.0 Å². The molecule has 3 aromatic rings. The number of aryl methyl sites for hydroxylation is 2. The van der Waals surface area contributed by atoms with E-state index in [0.29, 0.717) is 16.6 Å². The number of halogens is 1. The molecule has 0 bridgehead atoms. The molecule has 0 radical (unpaired) electrons. The Kier molecular flexibility index (Phi) is 3.28. The Morgan fingerprint density at radius 1 is 1.33 bits per heavy atom. The van der Waals surface area contributed by atoms with E-state index < -0.39 is 0 Å². The molecule has 5 nitrogen and oxygen atoms in total. The van der Waals surface area contributed by atoms with Crippen LogP contribution in [-0.4, -0.2) is 19.1 Å². The van der Waals surface area contributed by atoms with Crippen molar-refractivity contribution in [3.05, 3.63) is 37.2 Å². The Balaban J connectivity index is 1.86. The van der Waals surface area contributed by atoms with E-state index in [1.54, 1.807) is 22.2 Å². The zero-order valence-corrected chi connectivity index (χ0v) is 13.4. The number of aromatic nitrogens is 4. The van der Waals surface area contributed by atoms with Gasteiger partial charge in [-0.2, -0.15) is 0 Å². The molecule has 0 amide bonds. The quantitative estimate of drug-likeness (QED) is 0.721. The molecule has 3 aromatic heterocycles. The van der Waals surface area contributed by atoms with Crippen LogP contribution in [0, 0.1) is 0 Å². The molecule has 0 saturated heterocycles. The van der Waals surface area contributed by atoms with Crippen LogP contribution in [0.4, 0.5) is 0 Å². The van der Waals surface area contributed by atoms with Gasteiger partial charge in [0, 0.05) is 16.4 Å². The van der Waals surface area contributed by atoms with E-state index in [-0.39, 0.29) is 5.56 Å². The monoisotopic (exact) mass is 338 g/mol. The maximum Gasteiger partial charge on any atom is 0.262 e. The Bertz CT molecular complexity index is 882. The van der Waals surface area contributed by atoms with Gasteiger partial charge in [-0.3, -0.25) is 9.36 Å². The number of hydrogen-bond acceptors (Lipinski definition) is 6. The van der Waals surface area contributed by atoms with Crippen LogP contribution < -0.4 is 5.56 Å². The second kappa shape index (κ2) is 5.15. The highest BCUT2D eigenvalue weighted by Gasteiger charge is 2.20. The third-order valence-corrected chi connectivity index (χ3v) is 5.96. The highest BCUT2D eigenvalue weighted by molar-refractivity contribution is 7.18. The van der Waals surface area contributed by atoms with Gasteiger partial charge in [0.2, 0.25) is 0 Å². The molecule has 0 fully saturated rings. The van der Waals surface area contributed by atoms with Crippen molar-refractivity contribution in [1.29, 1.82) is 0 Å². The van der Waals surface area contributed by atoms with Gasteiger partial charge in [-0.1, -0.05) is 16.1 Å². The predicted octanol–water partition coefficient (Wildman–Crippen LogP) is 2.89. The van der Waals surface area contributed by atoms with Crippen LogP contribution >= 0.6 is 34.5 Å². The molecule has 1 aliphatic carbocycles. The number of hydrogen-bond donors (Lipinski definition) is 0. The molecule has 0 unspecified atom stereocenters. The molecule has 3 heterocycles. The fourth-order valence-electron chi connectivity index (χ4n) is 2.75. The van der Waals surface area contributed by atoms with Gasteiger partial charge in [0.1, 0.15) is 14.9 Å². The van der Waals surface area contributed by atoms with Gasteiger partial charge in [0.25, 0.3) is 5.56 Å². The van der Waals surface area contributed by atoms with Crippen LogP contribution in [0.2, 0.25) is 4.34 Å². The zero-order chi connectivity index (χ0) is 14.4. The molecule has 108 valence electrons. The first-order valence-electron chi connectivity index (χ1n) is 6.70. The highest BCUT2D eigenvalue weighted by Crippen LogP contribution is 2.33. The van der Waals surface area contributed by atoms with Crippen molar-refractivity contribution in [1.82, 2.24) is 19.1 Å². The average Bonchev–Trinajstić information content (AvgIpc) is 3.06. The summed E-state index contributed by atoms with van der Waals surface area (Å²) in [5.74, 6) is 0. The summed E-state index contributed by atoms with van der Waals surface area (Å²) in [6.45, 7) is 0.321. The van der Waals surface area contributed by atoms with E-state index in [9.17, 15) is 4.79 Å². The Morgan fingerprint density at radius 3 is 3.00 bits per heavy atom. The first-order valence-corrected chi connectivity index (χ1v) is 8.67. The molecule has 4 rings (SSSR count). The molecule has 0 aliphatic heterocycles. The van der Waals surface area contributed by atoms with Crippen LogP contribution in [0.3, 0.4) is 0 Å². The summed E-state index contributed by atoms with van der Waals surface area (Å²) >= 11 is 8.80. The summed E-state index contributed by atoms with van der Waals surface area (Å²) in [4.78, 5) is 19.4. The second-order valence-electron chi connectivity index (χ2n) is 5.06. The van der Waals surface area contributed by atoms with Gasteiger partial charge in [0.15, 0.2) is 0 Å². The van der Waals surface area contributed by atoms with E-state index in [1.807, 2.05) is 0 Å². The smallest absolute Gasteiger partial charge is 0.262 e. The lowest BCUT2D eigenvalue weighted by Crippen LogP contribution is -2.22. The number of fused-ring (bicyclic) bond motifs is 3. The Morgan fingerprint density at radius 2 is 2.19 bits per heavy atom. The van der Waals surface area contributed by atoms with Crippen molar-refractivity contribution in [2.45, 2.75) is 32.2 Å². The van der Waals surface area contributed by atoms with Crippen molar-refractivity contribution in [2.75, 3.05) is 0 Å².